The standard InChI is InChI=1S/C24H24N6/c1-18-17-22(20-11-7-4-8-12-20)27-29-24(18)25-15-16-30(2)23-14-13-21(26-28-23)19-9-5-3-6-10-19/h3-14,17H,15-16H2,1-2H3,(H,25,29). The minimum absolute atomic E-state index is 0.721. The lowest BCUT2D eigenvalue weighted by Crippen LogP contribution is -2.26. The molecule has 0 atom stereocenters. The van der Waals surface area contributed by atoms with Crippen LogP contribution in [0.1, 0.15) is 5.56 Å². The average Bonchev–Trinajstić information content (AvgIpc) is 2.81. The van der Waals surface area contributed by atoms with Crippen LogP contribution in [-0.4, -0.2) is 40.5 Å². The molecule has 0 amide bonds. The van der Waals surface area contributed by atoms with Crippen molar-refractivity contribution in [1.29, 1.82) is 0 Å². The van der Waals surface area contributed by atoms with Crippen LogP contribution in [0.4, 0.5) is 11.6 Å². The molecule has 2 heterocycles. The van der Waals surface area contributed by atoms with Crippen molar-refractivity contribution >= 4 is 11.6 Å². The smallest absolute Gasteiger partial charge is 0.151 e. The molecule has 0 aliphatic carbocycles. The van der Waals surface area contributed by atoms with Crippen LogP contribution >= 0.6 is 0 Å². The summed E-state index contributed by atoms with van der Waals surface area (Å²) in [7, 11) is 2.00. The molecule has 0 aliphatic heterocycles. The predicted molar refractivity (Wildman–Crippen MR) is 121 cm³/mol. The van der Waals surface area contributed by atoms with E-state index in [1.165, 1.54) is 0 Å². The second kappa shape index (κ2) is 9.13. The van der Waals surface area contributed by atoms with Crippen LogP contribution in [-0.2, 0) is 0 Å². The summed E-state index contributed by atoms with van der Waals surface area (Å²) in [5.74, 6) is 1.63. The molecule has 4 rings (SSSR count). The van der Waals surface area contributed by atoms with E-state index in [2.05, 4.69) is 36.7 Å². The number of nitrogens with zero attached hydrogens (tertiary/aromatic N) is 5. The predicted octanol–water partition coefficient (Wildman–Crippen LogP) is 4.46. The van der Waals surface area contributed by atoms with Crippen LogP contribution in [0.2, 0.25) is 0 Å². The van der Waals surface area contributed by atoms with Gasteiger partial charge in [0.1, 0.15) is 0 Å². The molecule has 0 saturated heterocycles. The quantitative estimate of drug-likeness (QED) is 0.498. The van der Waals surface area contributed by atoms with Crippen molar-refractivity contribution < 1.29 is 0 Å². The summed E-state index contributed by atoms with van der Waals surface area (Å²) in [4.78, 5) is 2.07. The first-order valence-corrected chi connectivity index (χ1v) is 9.94. The first-order chi connectivity index (χ1) is 14.7. The molecule has 0 radical (unpaired) electrons. The van der Waals surface area contributed by atoms with Crippen molar-refractivity contribution in [2.75, 3.05) is 30.4 Å². The molecular formula is C24H24N6. The Morgan fingerprint density at radius 2 is 1.37 bits per heavy atom. The van der Waals surface area contributed by atoms with Crippen molar-refractivity contribution in [1.82, 2.24) is 20.4 Å². The molecule has 4 aromatic rings. The van der Waals surface area contributed by atoms with Gasteiger partial charge in [0.2, 0.25) is 0 Å². The van der Waals surface area contributed by atoms with E-state index >= 15 is 0 Å². The first kappa shape index (κ1) is 19.5. The largest absolute Gasteiger partial charge is 0.367 e. The van der Waals surface area contributed by atoms with Gasteiger partial charge in [-0.05, 0) is 30.7 Å². The maximum Gasteiger partial charge on any atom is 0.151 e. The van der Waals surface area contributed by atoms with Crippen molar-refractivity contribution in [2.45, 2.75) is 6.92 Å². The van der Waals surface area contributed by atoms with Crippen LogP contribution in [0, 0.1) is 6.92 Å². The van der Waals surface area contributed by atoms with Crippen LogP contribution in [0.5, 0.6) is 0 Å². The SMILES string of the molecule is Cc1cc(-c2ccccc2)nnc1NCCN(C)c1ccc(-c2ccccc2)nn1. The fraction of sp³-hybridized carbons (Fsp3) is 0.167. The van der Waals surface area contributed by atoms with E-state index in [0.717, 1.165) is 52.8 Å². The molecule has 2 aromatic carbocycles. The van der Waals surface area contributed by atoms with E-state index in [-0.39, 0.29) is 0 Å². The zero-order valence-electron chi connectivity index (χ0n) is 17.2. The van der Waals surface area contributed by atoms with E-state index in [9.17, 15) is 0 Å². The van der Waals surface area contributed by atoms with Gasteiger partial charge in [0.05, 0.1) is 11.4 Å². The summed E-state index contributed by atoms with van der Waals surface area (Å²) in [6.45, 7) is 3.53. The monoisotopic (exact) mass is 396 g/mol. The molecule has 0 unspecified atom stereocenters. The van der Waals surface area contributed by atoms with E-state index in [1.807, 2.05) is 86.8 Å². The molecule has 0 fully saturated rings. The molecule has 1 N–H and O–H groups in total. The molecule has 2 aromatic heterocycles. The van der Waals surface area contributed by atoms with Crippen molar-refractivity contribution in [3.63, 3.8) is 0 Å². The summed E-state index contributed by atoms with van der Waals surface area (Å²) in [5, 5.41) is 20.8. The van der Waals surface area contributed by atoms with Crippen LogP contribution in [0.3, 0.4) is 0 Å². The average molecular weight is 396 g/mol. The molecule has 30 heavy (non-hydrogen) atoms. The lowest BCUT2D eigenvalue weighted by atomic mass is 10.1. The molecular weight excluding hydrogens is 372 g/mol. The highest BCUT2D eigenvalue weighted by Crippen LogP contribution is 2.20. The number of hydrogen-bond acceptors (Lipinski definition) is 6. The van der Waals surface area contributed by atoms with Crippen LogP contribution in [0.25, 0.3) is 22.5 Å². The van der Waals surface area contributed by atoms with Gasteiger partial charge in [-0.2, -0.15) is 0 Å². The Balaban J connectivity index is 1.34. The van der Waals surface area contributed by atoms with Crippen molar-refractivity contribution in [2.24, 2.45) is 0 Å². The Hall–Kier alpha value is -3.80. The Bertz CT molecular complexity index is 1080. The summed E-state index contributed by atoms with van der Waals surface area (Å²) >= 11 is 0. The fourth-order valence-electron chi connectivity index (χ4n) is 3.16. The second-order valence-electron chi connectivity index (χ2n) is 7.12. The number of aromatic nitrogens is 4. The number of likely N-dealkylation sites (N-methyl/N-ethyl adjacent to an activating group) is 1. The lowest BCUT2D eigenvalue weighted by molar-refractivity contribution is 0.860. The molecule has 150 valence electrons. The van der Waals surface area contributed by atoms with Gasteiger partial charge in [0, 0.05) is 31.3 Å². The van der Waals surface area contributed by atoms with Gasteiger partial charge in [-0.1, -0.05) is 60.7 Å². The third-order valence-electron chi connectivity index (χ3n) is 4.90. The van der Waals surface area contributed by atoms with Gasteiger partial charge in [0.25, 0.3) is 0 Å². The zero-order chi connectivity index (χ0) is 20.8. The molecule has 0 saturated carbocycles. The number of nitrogens with one attached hydrogen (secondary N) is 1. The highest BCUT2D eigenvalue weighted by atomic mass is 15.3. The van der Waals surface area contributed by atoms with E-state index < -0.39 is 0 Å². The van der Waals surface area contributed by atoms with E-state index in [0.29, 0.717) is 0 Å². The van der Waals surface area contributed by atoms with Crippen LogP contribution in [0.15, 0.2) is 78.9 Å². The lowest BCUT2D eigenvalue weighted by Gasteiger charge is -2.18. The van der Waals surface area contributed by atoms with Gasteiger partial charge >= 0.3 is 0 Å². The fourth-order valence-corrected chi connectivity index (χ4v) is 3.16. The van der Waals surface area contributed by atoms with E-state index in [1.54, 1.807) is 0 Å². The van der Waals surface area contributed by atoms with Crippen LogP contribution < -0.4 is 10.2 Å². The van der Waals surface area contributed by atoms with E-state index in [4.69, 9.17) is 0 Å². The third-order valence-corrected chi connectivity index (χ3v) is 4.90. The zero-order valence-corrected chi connectivity index (χ0v) is 17.2. The molecule has 6 nitrogen and oxygen atoms in total. The maximum atomic E-state index is 4.36. The third kappa shape index (κ3) is 4.60. The summed E-state index contributed by atoms with van der Waals surface area (Å²) in [5.41, 5.74) is 4.95. The molecule has 6 heteroatoms. The Labute approximate surface area is 176 Å². The number of anilines is 2. The van der Waals surface area contributed by atoms with Gasteiger partial charge in [-0.15, -0.1) is 20.4 Å². The Morgan fingerprint density at radius 3 is 1.97 bits per heavy atom. The molecule has 0 spiro atoms. The Kier molecular flexibility index (Phi) is 5.94. The van der Waals surface area contributed by atoms with Gasteiger partial charge in [-0.25, -0.2) is 0 Å². The minimum Gasteiger partial charge on any atom is -0.367 e. The normalized spacial score (nSPS) is 10.6. The Morgan fingerprint density at radius 1 is 0.733 bits per heavy atom. The highest BCUT2D eigenvalue weighted by molar-refractivity contribution is 5.61. The first-order valence-electron chi connectivity index (χ1n) is 9.94. The van der Waals surface area contributed by atoms with Gasteiger partial charge in [-0.3, -0.25) is 0 Å². The van der Waals surface area contributed by atoms with Crippen molar-refractivity contribution in [3.8, 4) is 22.5 Å². The minimum atomic E-state index is 0.721. The van der Waals surface area contributed by atoms with Gasteiger partial charge in [0.15, 0.2) is 11.6 Å². The van der Waals surface area contributed by atoms with Gasteiger partial charge < -0.3 is 10.2 Å². The van der Waals surface area contributed by atoms with Crippen molar-refractivity contribution in [3.05, 3.63) is 84.4 Å². The number of aryl methyl sites for hydroxylation is 1. The maximum absolute atomic E-state index is 4.36. The summed E-state index contributed by atoms with van der Waals surface area (Å²) in [6, 6.07) is 26.2. The number of hydrogen-bond donors (Lipinski definition) is 1. The number of benzene rings is 2. The summed E-state index contributed by atoms with van der Waals surface area (Å²) in [6.07, 6.45) is 0. The summed E-state index contributed by atoms with van der Waals surface area (Å²) < 4.78 is 0. The number of rotatable bonds is 7. The molecule has 0 aliphatic rings. The second-order valence-corrected chi connectivity index (χ2v) is 7.12. The highest BCUT2D eigenvalue weighted by Gasteiger charge is 2.08. The molecule has 0 bridgehead atoms. The topological polar surface area (TPSA) is 66.8 Å².